The minimum atomic E-state index is -0.760. The van der Waals surface area contributed by atoms with E-state index >= 15 is 0 Å². The standard InChI is InChI=1S/C9H15N3O2/c10-4-6(13)8-7(5-2-1-3-5)11-9(14)12-8/h5-6,13H,1-4,10H2,(H2,11,12,14). The second kappa shape index (κ2) is 3.59. The highest BCUT2D eigenvalue weighted by Crippen LogP contribution is 2.37. The molecule has 0 saturated heterocycles. The molecule has 0 spiro atoms. The first kappa shape index (κ1) is 9.48. The van der Waals surface area contributed by atoms with Gasteiger partial charge in [0.05, 0.1) is 5.69 Å². The maximum absolute atomic E-state index is 11.1. The lowest BCUT2D eigenvalue weighted by Crippen LogP contribution is -2.17. The highest BCUT2D eigenvalue weighted by atomic mass is 16.3. The van der Waals surface area contributed by atoms with Crippen LogP contribution in [0, 0.1) is 0 Å². The van der Waals surface area contributed by atoms with Crippen molar-refractivity contribution in [2.75, 3.05) is 6.54 Å². The zero-order valence-electron chi connectivity index (χ0n) is 7.92. The van der Waals surface area contributed by atoms with Crippen molar-refractivity contribution in [1.29, 1.82) is 0 Å². The molecule has 0 radical (unpaired) electrons. The Kier molecular flexibility index (Phi) is 2.43. The monoisotopic (exact) mass is 197 g/mol. The van der Waals surface area contributed by atoms with Crippen LogP contribution < -0.4 is 11.4 Å². The summed E-state index contributed by atoms with van der Waals surface area (Å²) in [5.41, 5.74) is 6.52. The molecule has 5 heteroatoms. The summed E-state index contributed by atoms with van der Waals surface area (Å²) in [4.78, 5) is 16.5. The predicted molar refractivity (Wildman–Crippen MR) is 52.0 cm³/mol. The fourth-order valence-electron chi connectivity index (χ4n) is 1.81. The van der Waals surface area contributed by atoms with E-state index in [-0.39, 0.29) is 12.2 Å². The van der Waals surface area contributed by atoms with Crippen molar-refractivity contribution < 1.29 is 5.11 Å². The highest BCUT2D eigenvalue weighted by molar-refractivity contribution is 5.20. The molecule has 1 atom stereocenters. The van der Waals surface area contributed by atoms with Crippen molar-refractivity contribution in [2.24, 2.45) is 5.73 Å². The molecule has 1 fully saturated rings. The summed E-state index contributed by atoms with van der Waals surface area (Å²) in [6.45, 7) is 0.132. The molecule has 0 aromatic carbocycles. The molecule has 5 N–H and O–H groups in total. The average molecular weight is 197 g/mol. The number of nitrogens with one attached hydrogen (secondary N) is 2. The molecule has 1 saturated carbocycles. The summed E-state index contributed by atoms with van der Waals surface area (Å²) in [6, 6.07) is 0. The second-order valence-electron chi connectivity index (χ2n) is 3.79. The van der Waals surface area contributed by atoms with E-state index in [0.29, 0.717) is 11.6 Å². The zero-order valence-corrected chi connectivity index (χ0v) is 7.92. The Labute approximate surface area is 81.3 Å². The third-order valence-electron chi connectivity index (χ3n) is 2.86. The lowest BCUT2D eigenvalue weighted by atomic mass is 9.81. The van der Waals surface area contributed by atoms with Gasteiger partial charge in [0, 0.05) is 18.2 Å². The van der Waals surface area contributed by atoms with Gasteiger partial charge in [0.1, 0.15) is 6.10 Å². The minimum Gasteiger partial charge on any atom is -0.385 e. The molecule has 1 aromatic heterocycles. The Bertz CT molecular complexity index is 339. The topological polar surface area (TPSA) is 94.9 Å². The Morgan fingerprint density at radius 1 is 1.50 bits per heavy atom. The summed E-state index contributed by atoms with van der Waals surface area (Å²) in [6.07, 6.45) is 2.59. The molecule has 1 aliphatic carbocycles. The van der Waals surface area contributed by atoms with E-state index in [1.165, 1.54) is 6.42 Å². The summed E-state index contributed by atoms with van der Waals surface area (Å²) in [7, 11) is 0. The minimum absolute atomic E-state index is 0.132. The smallest absolute Gasteiger partial charge is 0.323 e. The van der Waals surface area contributed by atoms with E-state index in [9.17, 15) is 9.90 Å². The molecule has 0 amide bonds. The molecule has 0 bridgehead atoms. The zero-order chi connectivity index (χ0) is 10.1. The van der Waals surface area contributed by atoms with Crippen LogP contribution in [0.1, 0.15) is 42.7 Å². The van der Waals surface area contributed by atoms with Crippen LogP contribution in [-0.4, -0.2) is 21.6 Å². The number of aliphatic hydroxyl groups is 1. The molecule has 1 unspecified atom stereocenters. The molecule has 5 nitrogen and oxygen atoms in total. The van der Waals surface area contributed by atoms with Crippen LogP contribution in [0.15, 0.2) is 4.79 Å². The molecule has 2 rings (SSSR count). The van der Waals surface area contributed by atoms with Gasteiger partial charge < -0.3 is 20.8 Å². The van der Waals surface area contributed by atoms with Crippen LogP contribution in [-0.2, 0) is 0 Å². The van der Waals surface area contributed by atoms with Crippen molar-refractivity contribution in [3.05, 3.63) is 21.9 Å². The van der Waals surface area contributed by atoms with E-state index in [0.717, 1.165) is 18.5 Å². The van der Waals surface area contributed by atoms with E-state index in [4.69, 9.17) is 5.73 Å². The number of imidazole rings is 1. The van der Waals surface area contributed by atoms with Crippen LogP contribution in [0.3, 0.4) is 0 Å². The molecular weight excluding hydrogens is 182 g/mol. The lowest BCUT2D eigenvalue weighted by Gasteiger charge is -2.25. The van der Waals surface area contributed by atoms with Gasteiger partial charge in [-0.15, -0.1) is 0 Å². The normalized spacial score (nSPS) is 19.3. The first-order valence-electron chi connectivity index (χ1n) is 4.92. The largest absolute Gasteiger partial charge is 0.385 e. The molecule has 1 aliphatic rings. The van der Waals surface area contributed by atoms with Crippen LogP contribution in [0.4, 0.5) is 0 Å². The number of hydrogen-bond donors (Lipinski definition) is 4. The number of aromatic nitrogens is 2. The quantitative estimate of drug-likeness (QED) is 0.547. The SMILES string of the molecule is NCC(O)c1[nH]c(=O)[nH]c1C1CCC1. The molecule has 14 heavy (non-hydrogen) atoms. The first-order valence-corrected chi connectivity index (χ1v) is 4.92. The maximum Gasteiger partial charge on any atom is 0.323 e. The molecule has 1 aromatic rings. The summed E-state index contributed by atoms with van der Waals surface area (Å²) >= 11 is 0. The van der Waals surface area contributed by atoms with Crippen molar-refractivity contribution in [2.45, 2.75) is 31.3 Å². The molecular formula is C9H15N3O2. The number of aromatic amines is 2. The van der Waals surface area contributed by atoms with Crippen molar-refractivity contribution >= 4 is 0 Å². The van der Waals surface area contributed by atoms with Gasteiger partial charge >= 0.3 is 5.69 Å². The van der Waals surface area contributed by atoms with Crippen molar-refractivity contribution in [1.82, 2.24) is 9.97 Å². The van der Waals surface area contributed by atoms with Gasteiger partial charge in [-0.25, -0.2) is 4.79 Å². The fourth-order valence-corrected chi connectivity index (χ4v) is 1.81. The van der Waals surface area contributed by atoms with Gasteiger partial charge in [-0.3, -0.25) is 0 Å². The van der Waals surface area contributed by atoms with Crippen LogP contribution >= 0.6 is 0 Å². The van der Waals surface area contributed by atoms with E-state index in [2.05, 4.69) is 9.97 Å². The Balaban J connectivity index is 2.32. The van der Waals surface area contributed by atoms with E-state index in [1.807, 2.05) is 0 Å². The number of aliphatic hydroxyl groups excluding tert-OH is 1. The number of hydrogen-bond acceptors (Lipinski definition) is 3. The van der Waals surface area contributed by atoms with Crippen LogP contribution in [0.2, 0.25) is 0 Å². The number of nitrogens with two attached hydrogens (primary N) is 1. The van der Waals surface area contributed by atoms with Crippen LogP contribution in [0.25, 0.3) is 0 Å². The summed E-state index contributed by atoms with van der Waals surface area (Å²) < 4.78 is 0. The van der Waals surface area contributed by atoms with Gasteiger partial charge in [0.25, 0.3) is 0 Å². The summed E-state index contributed by atoms with van der Waals surface area (Å²) in [5, 5.41) is 9.58. The van der Waals surface area contributed by atoms with Gasteiger partial charge in [-0.2, -0.15) is 0 Å². The molecule has 78 valence electrons. The number of rotatable bonds is 3. The Morgan fingerprint density at radius 2 is 2.21 bits per heavy atom. The predicted octanol–water partition coefficient (Wildman–Crippen LogP) is -0.0374. The van der Waals surface area contributed by atoms with Crippen LogP contribution in [0.5, 0.6) is 0 Å². The Morgan fingerprint density at radius 3 is 2.71 bits per heavy atom. The Hall–Kier alpha value is -1.07. The van der Waals surface area contributed by atoms with E-state index in [1.54, 1.807) is 0 Å². The fraction of sp³-hybridized carbons (Fsp3) is 0.667. The van der Waals surface area contributed by atoms with Gasteiger partial charge in [-0.1, -0.05) is 6.42 Å². The lowest BCUT2D eigenvalue weighted by molar-refractivity contribution is 0.179. The third-order valence-corrected chi connectivity index (χ3v) is 2.86. The maximum atomic E-state index is 11.1. The van der Waals surface area contributed by atoms with Gasteiger partial charge in [-0.05, 0) is 12.8 Å². The second-order valence-corrected chi connectivity index (χ2v) is 3.79. The highest BCUT2D eigenvalue weighted by Gasteiger charge is 2.26. The summed E-state index contributed by atoms with van der Waals surface area (Å²) in [5.74, 6) is 0.394. The van der Waals surface area contributed by atoms with Gasteiger partial charge in [0.2, 0.25) is 0 Å². The van der Waals surface area contributed by atoms with Crippen molar-refractivity contribution in [3.63, 3.8) is 0 Å². The van der Waals surface area contributed by atoms with Crippen molar-refractivity contribution in [3.8, 4) is 0 Å². The third kappa shape index (κ3) is 1.49. The molecule has 0 aliphatic heterocycles. The average Bonchev–Trinajstić information content (AvgIpc) is 2.43. The van der Waals surface area contributed by atoms with Gasteiger partial charge in [0.15, 0.2) is 0 Å². The first-order chi connectivity index (χ1) is 6.72. The molecule has 1 heterocycles. The number of H-pyrrole nitrogens is 2. The van der Waals surface area contributed by atoms with E-state index < -0.39 is 6.10 Å².